The van der Waals surface area contributed by atoms with Gasteiger partial charge in [0.2, 0.25) is 4.77 Å². The van der Waals surface area contributed by atoms with Crippen molar-refractivity contribution in [3.8, 4) is 0 Å². The molecule has 3 N–H and O–H groups in total. The van der Waals surface area contributed by atoms with Gasteiger partial charge in [-0.05, 0) is 35.6 Å². The molecule has 0 aliphatic carbocycles. The molecule has 0 fully saturated rings. The molecule has 0 aromatic carbocycles. The summed E-state index contributed by atoms with van der Waals surface area (Å²) in [6, 6.07) is 0. The van der Waals surface area contributed by atoms with Gasteiger partial charge < -0.3 is 5.73 Å². The molecule has 0 aliphatic rings. The zero-order chi connectivity index (χ0) is 7.40. The van der Waals surface area contributed by atoms with Crippen LogP contribution < -0.4 is 5.73 Å². The standard InChI is InChI=1S/C4H9N5S/c5-2-1-3-9-4(10)6-7-8-9/h1-3,5H2,(H,6,8,10). The second-order valence-electron chi connectivity index (χ2n) is 1.87. The van der Waals surface area contributed by atoms with Crippen LogP contribution >= 0.6 is 12.2 Å². The van der Waals surface area contributed by atoms with Crippen molar-refractivity contribution in [1.82, 2.24) is 20.2 Å². The fraction of sp³-hybridized carbons (Fsp3) is 0.750. The first-order valence-corrected chi connectivity index (χ1v) is 3.43. The summed E-state index contributed by atoms with van der Waals surface area (Å²) in [4.78, 5) is 0. The molecule has 0 atom stereocenters. The van der Waals surface area contributed by atoms with E-state index < -0.39 is 0 Å². The first kappa shape index (κ1) is 7.36. The maximum atomic E-state index is 5.29. The quantitative estimate of drug-likeness (QED) is 0.593. The largest absolute Gasteiger partial charge is 0.330 e. The molecule has 1 aromatic rings. The molecule has 56 valence electrons. The fourth-order valence-corrected chi connectivity index (χ4v) is 0.773. The van der Waals surface area contributed by atoms with Crippen LogP contribution in [0.15, 0.2) is 0 Å². The van der Waals surface area contributed by atoms with Gasteiger partial charge in [0, 0.05) is 6.54 Å². The van der Waals surface area contributed by atoms with Crippen LogP contribution in [0.5, 0.6) is 0 Å². The highest BCUT2D eigenvalue weighted by atomic mass is 32.1. The Kier molecular flexibility index (Phi) is 2.52. The highest BCUT2D eigenvalue weighted by Crippen LogP contribution is 1.85. The number of nitrogens with zero attached hydrogens (tertiary/aromatic N) is 3. The van der Waals surface area contributed by atoms with Gasteiger partial charge in [0.25, 0.3) is 0 Å². The number of aryl methyl sites for hydroxylation is 1. The minimum Gasteiger partial charge on any atom is -0.330 e. The highest BCUT2D eigenvalue weighted by Gasteiger charge is 1.92. The lowest BCUT2D eigenvalue weighted by Crippen LogP contribution is -2.07. The molecule has 6 heteroatoms. The lowest BCUT2D eigenvalue weighted by molar-refractivity contribution is 0.559. The monoisotopic (exact) mass is 159 g/mol. The molecule has 0 saturated carbocycles. The first-order valence-electron chi connectivity index (χ1n) is 3.03. The van der Waals surface area contributed by atoms with Crippen LogP contribution in [0, 0.1) is 4.77 Å². The van der Waals surface area contributed by atoms with E-state index in [1.54, 1.807) is 4.68 Å². The van der Waals surface area contributed by atoms with E-state index in [0.717, 1.165) is 13.0 Å². The van der Waals surface area contributed by atoms with Crippen LogP contribution in [-0.4, -0.2) is 26.8 Å². The summed E-state index contributed by atoms with van der Waals surface area (Å²) >= 11 is 4.84. The van der Waals surface area contributed by atoms with E-state index in [1.807, 2.05) is 0 Å². The maximum Gasteiger partial charge on any atom is 0.213 e. The first-order chi connectivity index (χ1) is 4.84. The summed E-state index contributed by atoms with van der Waals surface area (Å²) in [6.45, 7) is 1.39. The predicted octanol–water partition coefficient (Wildman–Crippen LogP) is -0.316. The Morgan fingerprint density at radius 2 is 2.50 bits per heavy atom. The Labute approximate surface area is 63.2 Å². The summed E-state index contributed by atoms with van der Waals surface area (Å²) in [5, 5.41) is 9.78. The third-order valence-corrected chi connectivity index (χ3v) is 1.41. The second-order valence-corrected chi connectivity index (χ2v) is 2.26. The summed E-state index contributed by atoms with van der Waals surface area (Å²) < 4.78 is 2.16. The number of nitrogens with one attached hydrogen (secondary N) is 1. The Morgan fingerprint density at radius 3 is 3.00 bits per heavy atom. The smallest absolute Gasteiger partial charge is 0.213 e. The van der Waals surface area contributed by atoms with Gasteiger partial charge in [-0.1, -0.05) is 0 Å². The third kappa shape index (κ3) is 1.61. The lowest BCUT2D eigenvalue weighted by atomic mass is 10.4. The van der Waals surface area contributed by atoms with Gasteiger partial charge in [0.1, 0.15) is 0 Å². The normalized spacial score (nSPS) is 10.1. The van der Waals surface area contributed by atoms with Crippen LogP contribution in [0.25, 0.3) is 0 Å². The van der Waals surface area contributed by atoms with Crippen molar-refractivity contribution < 1.29 is 0 Å². The van der Waals surface area contributed by atoms with Crippen LogP contribution in [0.2, 0.25) is 0 Å². The van der Waals surface area contributed by atoms with E-state index in [4.69, 9.17) is 18.0 Å². The number of tetrazole rings is 1. The molecule has 1 aromatic heterocycles. The molecule has 5 nitrogen and oxygen atoms in total. The van der Waals surface area contributed by atoms with E-state index in [0.29, 0.717) is 11.3 Å². The van der Waals surface area contributed by atoms with E-state index in [2.05, 4.69) is 15.5 Å². The molecule has 1 rings (SSSR count). The summed E-state index contributed by atoms with van der Waals surface area (Å²) in [6.07, 6.45) is 0.876. The summed E-state index contributed by atoms with van der Waals surface area (Å²) in [5.41, 5.74) is 5.29. The van der Waals surface area contributed by atoms with Crippen molar-refractivity contribution in [2.24, 2.45) is 5.73 Å². The predicted molar refractivity (Wildman–Crippen MR) is 38.9 cm³/mol. The molecule has 0 saturated heterocycles. The number of rotatable bonds is 3. The van der Waals surface area contributed by atoms with Gasteiger partial charge in [-0.3, -0.25) is 0 Å². The number of hydrogen-bond acceptors (Lipinski definition) is 4. The summed E-state index contributed by atoms with van der Waals surface area (Å²) in [5.74, 6) is 0. The number of nitrogens with two attached hydrogens (primary N) is 1. The van der Waals surface area contributed by atoms with Crippen LogP contribution in [0.1, 0.15) is 6.42 Å². The lowest BCUT2D eigenvalue weighted by Gasteiger charge is -1.93. The molecule has 0 unspecified atom stereocenters. The van der Waals surface area contributed by atoms with Crippen LogP contribution in [0.3, 0.4) is 0 Å². The Bertz CT molecular complexity index is 238. The second kappa shape index (κ2) is 3.43. The molecule has 10 heavy (non-hydrogen) atoms. The Morgan fingerprint density at radius 1 is 1.70 bits per heavy atom. The van der Waals surface area contributed by atoms with Crippen molar-refractivity contribution in [3.05, 3.63) is 4.77 Å². The van der Waals surface area contributed by atoms with Gasteiger partial charge in [-0.2, -0.15) is 0 Å². The maximum absolute atomic E-state index is 5.29. The third-order valence-electron chi connectivity index (χ3n) is 1.11. The fourth-order valence-electron chi connectivity index (χ4n) is 0.605. The number of aromatic nitrogens is 4. The SMILES string of the molecule is NCCCn1nn[nH]c1=S. The average Bonchev–Trinajstić information content (AvgIpc) is 2.31. The van der Waals surface area contributed by atoms with E-state index >= 15 is 0 Å². The molecule has 0 aliphatic heterocycles. The van der Waals surface area contributed by atoms with Crippen LogP contribution in [-0.2, 0) is 6.54 Å². The minimum atomic E-state index is 0.549. The zero-order valence-electron chi connectivity index (χ0n) is 5.45. The summed E-state index contributed by atoms with van der Waals surface area (Å²) in [7, 11) is 0. The zero-order valence-corrected chi connectivity index (χ0v) is 6.27. The minimum absolute atomic E-state index is 0.549. The average molecular weight is 159 g/mol. The molecule has 0 bridgehead atoms. The molecule has 0 radical (unpaired) electrons. The number of aromatic amines is 1. The van der Waals surface area contributed by atoms with E-state index in [1.165, 1.54) is 0 Å². The molecule has 1 heterocycles. The van der Waals surface area contributed by atoms with Gasteiger partial charge >= 0.3 is 0 Å². The van der Waals surface area contributed by atoms with Crippen molar-refractivity contribution >= 4 is 12.2 Å². The van der Waals surface area contributed by atoms with Crippen molar-refractivity contribution in [3.63, 3.8) is 0 Å². The Balaban J connectivity index is 2.57. The molecular weight excluding hydrogens is 150 g/mol. The van der Waals surface area contributed by atoms with Gasteiger partial charge in [0.15, 0.2) is 0 Å². The van der Waals surface area contributed by atoms with Crippen molar-refractivity contribution in [2.75, 3.05) is 6.54 Å². The van der Waals surface area contributed by atoms with E-state index in [9.17, 15) is 0 Å². The highest BCUT2D eigenvalue weighted by molar-refractivity contribution is 7.71. The van der Waals surface area contributed by atoms with Crippen molar-refractivity contribution in [2.45, 2.75) is 13.0 Å². The van der Waals surface area contributed by atoms with Crippen LogP contribution in [0.4, 0.5) is 0 Å². The molecular formula is C4H9N5S. The van der Waals surface area contributed by atoms with Gasteiger partial charge in [-0.25, -0.2) is 9.78 Å². The molecule has 0 spiro atoms. The van der Waals surface area contributed by atoms with Crippen molar-refractivity contribution in [1.29, 1.82) is 0 Å². The van der Waals surface area contributed by atoms with Gasteiger partial charge in [0.05, 0.1) is 0 Å². The van der Waals surface area contributed by atoms with E-state index in [-0.39, 0.29) is 0 Å². The number of hydrogen-bond donors (Lipinski definition) is 2. The van der Waals surface area contributed by atoms with Gasteiger partial charge in [-0.15, -0.1) is 0 Å². The topological polar surface area (TPSA) is 72.5 Å². The Hall–Kier alpha value is -0.750. The molecule has 0 amide bonds. The number of H-pyrrole nitrogens is 1.